The first kappa shape index (κ1) is 16.4. The van der Waals surface area contributed by atoms with Crippen molar-refractivity contribution in [1.29, 1.82) is 0 Å². The Morgan fingerprint density at radius 2 is 2.33 bits per heavy atom. The smallest absolute Gasteiger partial charge is 0.410 e. The number of amides is 1. The van der Waals surface area contributed by atoms with Crippen molar-refractivity contribution in [3.63, 3.8) is 0 Å². The quantitative estimate of drug-likeness (QED) is 0.483. The third-order valence-electron chi connectivity index (χ3n) is 3.01. The summed E-state index contributed by atoms with van der Waals surface area (Å²) >= 11 is 7.41. The normalized spacial score (nSPS) is 18.9. The summed E-state index contributed by atoms with van der Waals surface area (Å²) in [6.45, 7) is 7.14. The molecule has 0 unspecified atom stereocenters. The van der Waals surface area contributed by atoms with E-state index in [1.807, 2.05) is 26.8 Å². The van der Waals surface area contributed by atoms with Gasteiger partial charge in [-0.25, -0.2) is 14.8 Å². The van der Waals surface area contributed by atoms with E-state index < -0.39 is 5.60 Å². The molecular formula is C14H20ClN3O2S. The molecule has 1 fully saturated rings. The van der Waals surface area contributed by atoms with Crippen molar-refractivity contribution in [2.45, 2.75) is 37.8 Å². The first-order chi connectivity index (χ1) is 9.83. The lowest BCUT2D eigenvalue weighted by Crippen LogP contribution is -2.35. The maximum atomic E-state index is 12.0. The van der Waals surface area contributed by atoms with Gasteiger partial charge in [0, 0.05) is 25.0 Å². The highest BCUT2D eigenvalue weighted by molar-refractivity contribution is 7.99. The Bertz CT molecular complexity index is 507. The fourth-order valence-corrected chi connectivity index (χ4v) is 3.25. The molecule has 1 aliphatic heterocycles. The van der Waals surface area contributed by atoms with Gasteiger partial charge >= 0.3 is 6.09 Å². The van der Waals surface area contributed by atoms with Crippen LogP contribution < -0.4 is 0 Å². The van der Waals surface area contributed by atoms with Gasteiger partial charge in [0.05, 0.1) is 0 Å². The summed E-state index contributed by atoms with van der Waals surface area (Å²) in [4.78, 5) is 21.8. The average molecular weight is 330 g/mol. The fourth-order valence-electron chi connectivity index (χ4n) is 2.06. The Labute approximate surface area is 134 Å². The van der Waals surface area contributed by atoms with Crippen LogP contribution in [0.4, 0.5) is 4.79 Å². The Kier molecular flexibility index (Phi) is 5.32. The number of hydrogen-bond acceptors (Lipinski definition) is 5. The lowest BCUT2D eigenvalue weighted by molar-refractivity contribution is 0.0289. The van der Waals surface area contributed by atoms with Gasteiger partial charge < -0.3 is 9.64 Å². The van der Waals surface area contributed by atoms with E-state index in [0.717, 1.165) is 30.3 Å². The topological polar surface area (TPSA) is 55.3 Å². The minimum atomic E-state index is -0.443. The summed E-state index contributed by atoms with van der Waals surface area (Å²) in [5.41, 5.74) is -0.443. The highest BCUT2D eigenvalue weighted by Crippen LogP contribution is 2.26. The number of carbonyl (C=O) groups excluding carboxylic acids is 1. The number of carbonyl (C=O) groups is 1. The van der Waals surface area contributed by atoms with Crippen molar-refractivity contribution in [1.82, 2.24) is 14.9 Å². The van der Waals surface area contributed by atoms with Crippen molar-refractivity contribution in [3.8, 4) is 0 Å². The number of hydrogen-bond donors (Lipinski definition) is 0. The molecule has 1 aromatic heterocycles. The molecule has 5 nitrogen and oxygen atoms in total. The molecule has 2 heterocycles. The zero-order valence-electron chi connectivity index (χ0n) is 12.5. The molecule has 1 atom stereocenters. The van der Waals surface area contributed by atoms with Gasteiger partial charge in [-0.15, -0.1) is 11.8 Å². The van der Waals surface area contributed by atoms with E-state index in [9.17, 15) is 4.79 Å². The van der Waals surface area contributed by atoms with Crippen LogP contribution in [0.3, 0.4) is 0 Å². The van der Waals surface area contributed by atoms with Crippen molar-refractivity contribution < 1.29 is 9.53 Å². The molecule has 21 heavy (non-hydrogen) atoms. The van der Waals surface area contributed by atoms with Gasteiger partial charge in [0.15, 0.2) is 0 Å². The van der Waals surface area contributed by atoms with Crippen molar-refractivity contribution in [2.24, 2.45) is 5.92 Å². The van der Waals surface area contributed by atoms with Crippen LogP contribution in [0.1, 0.15) is 27.2 Å². The van der Waals surface area contributed by atoms with Crippen LogP contribution >= 0.6 is 23.4 Å². The molecule has 1 saturated heterocycles. The number of halogens is 1. The summed E-state index contributed by atoms with van der Waals surface area (Å²) in [5.74, 6) is 1.36. The maximum absolute atomic E-state index is 12.0. The zero-order chi connectivity index (χ0) is 15.5. The number of rotatable bonds is 3. The van der Waals surface area contributed by atoms with Gasteiger partial charge in [0.2, 0.25) is 5.28 Å². The largest absolute Gasteiger partial charge is 0.444 e. The molecule has 7 heteroatoms. The molecule has 0 aromatic carbocycles. The van der Waals surface area contributed by atoms with Crippen LogP contribution in [-0.2, 0) is 4.74 Å². The summed E-state index contributed by atoms with van der Waals surface area (Å²) in [7, 11) is 0. The van der Waals surface area contributed by atoms with Gasteiger partial charge in [-0.1, -0.05) is 0 Å². The Hall–Kier alpha value is -1.01. The summed E-state index contributed by atoms with van der Waals surface area (Å²) < 4.78 is 5.39. The highest BCUT2D eigenvalue weighted by Gasteiger charge is 2.29. The van der Waals surface area contributed by atoms with Crippen LogP contribution in [0.25, 0.3) is 0 Å². The second-order valence-corrected chi connectivity index (χ2v) is 7.43. The minimum absolute atomic E-state index is 0.222. The van der Waals surface area contributed by atoms with Crippen molar-refractivity contribution in [2.75, 3.05) is 18.8 Å². The van der Waals surface area contributed by atoms with E-state index in [1.54, 1.807) is 22.9 Å². The van der Waals surface area contributed by atoms with Gasteiger partial charge in [-0.05, 0) is 50.8 Å². The molecule has 2 rings (SSSR count). The first-order valence-corrected chi connectivity index (χ1v) is 8.29. The maximum Gasteiger partial charge on any atom is 0.410 e. The second-order valence-electron chi connectivity index (χ2n) is 6.06. The Morgan fingerprint density at radius 1 is 1.57 bits per heavy atom. The first-order valence-electron chi connectivity index (χ1n) is 6.93. The fraction of sp³-hybridized carbons (Fsp3) is 0.643. The monoisotopic (exact) mass is 329 g/mol. The molecule has 0 spiro atoms. The zero-order valence-corrected chi connectivity index (χ0v) is 14.1. The van der Waals surface area contributed by atoms with E-state index in [-0.39, 0.29) is 11.4 Å². The van der Waals surface area contributed by atoms with Crippen LogP contribution in [0.2, 0.25) is 5.28 Å². The van der Waals surface area contributed by atoms with E-state index >= 15 is 0 Å². The van der Waals surface area contributed by atoms with Gasteiger partial charge in [0.1, 0.15) is 10.6 Å². The van der Waals surface area contributed by atoms with E-state index in [2.05, 4.69) is 9.97 Å². The molecule has 0 aliphatic carbocycles. The predicted octanol–water partition coefficient (Wildman–Crippen LogP) is 3.48. The molecule has 1 aliphatic rings. The Morgan fingerprint density at radius 3 is 3.00 bits per heavy atom. The third kappa shape index (κ3) is 5.36. The molecule has 0 N–H and O–H groups in total. The lowest BCUT2D eigenvalue weighted by atomic mass is 10.2. The summed E-state index contributed by atoms with van der Waals surface area (Å²) in [6.07, 6.45) is 2.42. The number of ether oxygens (including phenoxy) is 1. The predicted molar refractivity (Wildman–Crippen MR) is 83.7 cm³/mol. The SMILES string of the molecule is CC(C)(C)OC(=O)N1CC[C@@H](CSc2ccnc(Cl)n2)C1. The van der Waals surface area contributed by atoms with E-state index in [1.165, 1.54) is 0 Å². The summed E-state index contributed by atoms with van der Waals surface area (Å²) in [6, 6.07) is 1.84. The van der Waals surface area contributed by atoms with Gasteiger partial charge in [-0.2, -0.15) is 0 Å². The molecule has 0 radical (unpaired) electrons. The van der Waals surface area contributed by atoms with Crippen LogP contribution in [-0.4, -0.2) is 45.4 Å². The van der Waals surface area contributed by atoms with Crippen LogP contribution in [0.5, 0.6) is 0 Å². The number of thioether (sulfide) groups is 1. The highest BCUT2D eigenvalue weighted by atomic mass is 35.5. The van der Waals surface area contributed by atoms with Crippen molar-refractivity contribution >= 4 is 29.5 Å². The average Bonchev–Trinajstić information content (AvgIpc) is 2.83. The molecule has 0 saturated carbocycles. The molecular weight excluding hydrogens is 310 g/mol. The number of nitrogens with zero attached hydrogens (tertiary/aromatic N) is 3. The molecule has 1 amide bonds. The number of likely N-dealkylation sites (tertiary alicyclic amines) is 1. The molecule has 0 bridgehead atoms. The number of aromatic nitrogens is 2. The summed E-state index contributed by atoms with van der Waals surface area (Å²) in [5, 5.41) is 1.13. The standard InChI is InChI=1S/C14H20ClN3O2S/c1-14(2,3)20-13(19)18-7-5-10(8-18)9-21-11-4-6-16-12(15)17-11/h4,6,10H,5,7-9H2,1-3H3/t10-/m1/s1. The second kappa shape index (κ2) is 6.83. The van der Waals surface area contributed by atoms with Gasteiger partial charge in [-0.3, -0.25) is 0 Å². The van der Waals surface area contributed by atoms with Crippen LogP contribution in [0, 0.1) is 5.92 Å². The van der Waals surface area contributed by atoms with E-state index in [4.69, 9.17) is 16.3 Å². The van der Waals surface area contributed by atoms with E-state index in [0.29, 0.717) is 5.92 Å². The molecule has 116 valence electrons. The van der Waals surface area contributed by atoms with Crippen LogP contribution in [0.15, 0.2) is 17.3 Å². The third-order valence-corrected chi connectivity index (χ3v) is 4.35. The lowest BCUT2D eigenvalue weighted by Gasteiger charge is -2.24. The Balaban J connectivity index is 1.79. The van der Waals surface area contributed by atoms with Gasteiger partial charge in [0.25, 0.3) is 0 Å². The molecule has 1 aromatic rings. The minimum Gasteiger partial charge on any atom is -0.444 e. The van der Waals surface area contributed by atoms with Crippen molar-refractivity contribution in [3.05, 3.63) is 17.5 Å².